The van der Waals surface area contributed by atoms with Crippen LogP contribution in [0.4, 0.5) is 0 Å². The Hall–Kier alpha value is -3.92. The number of Topliss-reactive ketones (excluding diaryl/α,β-unsaturated/α-hetero) is 2. The van der Waals surface area contributed by atoms with Crippen LogP contribution in [-0.4, -0.2) is 25.8 Å². The van der Waals surface area contributed by atoms with Gasteiger partial charge in [0.05, 0.1) is 14.2 Å². The van der Waals surface area contributed by atoms with Crippen LogP contribution in [-0.2, 0) is 5.41 Å². The second-order valence-electron chi connectivity index (χ2n) is 10.9. The van der Waals surface area contributed by atoms with Gasteiger partial charge in [-0.2, -0.15) is 0 Å². The number of aryl methyl sites for hydroxylation is 2. The number of hydrogen-bond donors (Lipinski definition) is 0. The molecule has 208 valence electrons. The number of hydrogen-bond acceptors (Lipinski definition) is 4. The van der Waals surface area contributed by atoms with E-state index >= 15 is 0 Å². The van der Waals surface area contributed by atoms with Crippen LogP contribution in [0.2, 0.25) is 0 Å². The van der Waals surface area contributed by atoms with Crippen molar-refractivity contribution in [1.82, 2.24) is 0 Å². The van der Waals surface area contributed by atoms with E-state index in [4.69, 9.17) is 9.47 Å². The molecule has 0 aromatic heterocycles. The average Bonchev–Trinajstić information content (AvgIpc) is 2.97. The highest BCUT2D eigenvalue weighted by Crippen LogP contribution is 2.46. The van der Waals surface area contributed by atoms with Crippen LogP contribution in [0.1, 0.15) is 88.9 Å². The van der Waals surface area contributed by atoms with Gasteiger partial charge >= 0.3 is 0 Å². The average molecular weight is 537 g/mol. The molecule has 0 unspecified atom stereocenters. The Morgan fingerprint density at radius 2 is 1.02 bits per heavy atom. The third kappa shape index (κ3) is 6.12. The van der Waals surface area contributed by atoms with Crippen LogP contribution in [0.3, 0.4) is 0 Å². The molecule has 0 bridgehead atoms. The summed E-state index contributed by atoms with van der Waals surface area (Å²) in [5.74, 6) is 2.04. The number of ether oxygens (including phenoxy) is 2. The maximum Gasteiger partial charge on any atom is 0.159 e. The molecule has 40 heavy (non-hydrogen) atoms. The lowest BCUT2D eigenvalue weighted by molar-refractivity contribution is 0.100. The molecule has 0 spiro atoms. The van der Waals surface area contributed by atoms with Gasteiger partial charge in [-0.15, -0.1) is 0 Å². The molecule has 4 aromatic carbocycles. The molecule has 4 aromatic rings. The molecule has 4 nitrogen and oxygen atoms in total. The fraction of sp³-hybridized carbons (Fsp3) is 0.333. The zero-order valence-corrected chi connectivity index (χ0v) is 24.6. The van der Waals surface area contributed by atoms with Crippen molar-refractivity contribution in [2.75, 3.05) is 14.2 Å². The number of methoxy groups -OCH3 is 2. The second kappa shape index (κ2) is 12.5. The highest BCUT2D eigenvalue weighted by atomic mass is 16.5. The van der Waals surface area contributed by atoms with E-state index < -0.39 is 0 Å². The van der Waals surface area contributed by atoms with E-state index in [-0.39, 0.29) is 17.0 Å². The molecular weight excluding hydrogens is 496 g/mol. The van der Waals surface area contributed by atoms with Crippen molar-refractivity contribution >= 4 is 22.3 Å². The van der Waals surface area contributed by atoms with Crippen molar-refractivity contribution in [3.63, 3.8) is 0 Å². The Morgan fingerprint density at radius 3 is 1.38 bits per heavy atom. The number of benzene rings is 4. The molecule has 0 aliphatic heterocycles. The molecular formula is C36H40O4. The smallest absolute Gasteiger partial charge is 0.159 e. The molecule has 1 saturated carbocycles. The lowest BCUT2D eigenvalue weighted by Crippen LogP contribution is -2.30. The molecule has 1 aliphatic rings. The van der Waals surface area contributed by atoms with Crippen molar-refractivity contribution in [3.8, 4) is 11.5 Å². The van der Waals surface area contributed by atoms with E-state index in [2.05, 4.69) is 50.2 Å². The lowest BCUT2D eigenvalue weighted by atomic mass is 9.65. The fourth-order valence-electron chi connectivity index (χ4n) is 5.94. The lowest BCUT2D eigenvalue weighted by Gasteiger charge is -2.39. The maximum atomic E-state index is 11.2. The number of rotatable bonds is 6. The summed E-state index contributed by atoms with van der Waals surface area (Å²) < 4.78 is 10.9. The minimum Gasteiger partial charge on any atom is -0.496 e. The number of carbonyl (C=O) groups excluding carboxylic acids is 2. The van der Waals surface area contributed by atoms with Crippen LogP contribution in [0.15, 0.2) is 72.8 Å². The first-order valence-corrected chi connectivity index (χ1v) is 14.0. The summed E-state index contributed by atoms with van der Waals surface area (Å²) in [5.41, 5.74) is 6.78. The van der Waals surface area contributed by atoms with Gasteiger partial charge in [0.2, 0.25) is 0 Å². The van der Waals surface area contributed by atoms with Gasteiger partial charge in [-0.05, 0) is 97.8 Å². The van der Waals surface area contributed by atoms with Crippen LogP contribution in [0, 0.1) is 13.8 Å². The molecule has 0 atom stereocenters. The molecule has 0 N–H and O–H groups in total. The number of fused-ring (bicyclic) bond motifs is 1. The summed E-state index contributed by atoms with van der Waals surface area (Å²) in [4.78, 5) is 22.4. The number of ketones is 2. The van der Waals surface area contributed by atoms with Crippen molar-refractivity contribution in [2.24, 2.45) is 0 Å². The van der Waals surface area contributed by atoms with Gasteiger partial charge in [0, 0.05) is 16.5 Å². The van der Waals surface area contributed by atoms with Gasteiger partial charge in [0.1, 0.15) is 11.5 Å². The first-order chi connectivity index (χ1) is 19.2. The van der Waals surface area contributed by atoms with Crippen LogP contribution in [0.25, 0.3) is 10.8 Å². The van der Waals surface area contributed by atoms with E-state index in [1.54, 1.807) is 40.2 Å². The first kappa shape index (κ1) is 29.1. The molecule has 0 amide bonds. The molecule has 4 heteroatoms. The predicted octanol–water partition coefficient (Wildman–Crippen LogP) is 8.82. The van der Waals surface area contributed by atoms with Crippen molar-refractivity contribution in [3.05, 3.63) is 106 Å². The zero-order valence-electron chi connectivity index (χ0n) is 24.6. The van der Waals surface area contributed by atoms with Gasteiger partial charge < -0.3 is 9.47 Å². The second-order valence-corrected chi connectivity index (χ2v) is 10.9. The fourth-order valence-corrected chi connectivity index (χ4v) is 5.94. The van der Waals surface area contributed by atoms with E-state index in [9.17, 15) is 9.59 Å². The molecule has 0 heterocycles. The first-order valence-electron chi connectivity index (χ1n) is 14.0. The normalized spacial score (nSPS) is 14.2. The highest BCUT2D eigenvalue weighted by Gasteiger charge is 2.36. The summed E-state index contributed by atoms with van der Waals surface area (Å²) in [6, 6.07) is 24.4. The Kier molecular flexibility index (Phi) is 9.09. The molecule has 5 rings (SSSR count). The van der Waals surface area contributed by atoms with E-state index in [0.29, 0.717) is 11.1 Å². The zero-order chi connectivity index (χ0) is 28.9. The summed E-state index contributed by atoms with van der Waals surface area (Å²) in [6.07, 6.45) is 6.34. The van der Waals surface area contributed by atoms with Gasteiger partial charge in [-0.1, -0.05) is 67.8 Å². The highest BCUT2D eigenvalue weighted by molar-refractivity contribution is 6.01. The minimum absolute atomic E-state index is 0.0533. The summed E-state index contributed by atoms with van der Waals surface area (Å²) in [6.45, 7) is 7.37. The van der Waals surface area contributed by atoms with Crippen LogP contribution >= 0.6 is 0 Å². The van der Waals surface area contributed by atoms with E-state index in [1.807, 2.05) is 24.3 Å². The van der Waals surface area contributed by atoms with Crippen LogP contribution < -0.4 is 9.47 Å². The van der Waals surface area contributed by atoms with Crippen molar-refractivity contribution in [1.29, 1.82) is 0 Å². The predicted molar refractivity (Wildman–Crippen MR) is 163 cm³/mol. The Balaban J connectivity index is 0.000000201. The van der Waals surface area contributed by atoms with Gasteiger partial charge in [0.25, 0.3) is 0 Å². The monoisotopic (exact) mass is 536 g/mol. The topological polar surface area (TPSA) is 52.6 Å². The van der Waals surface area contributed by atoms with Gasteiger partial charge in [-0.25, -0.2) is 0 Å². The number of carbonyl (C=O) groups is 2. The van der Waals surface area contributed by atoms with E-state index in [1.165, 1.54) is 54.4 Å². The summed E-state index contributed by atoms with van der Waals surface area (Å²) >= 11 is 0. The standard InChI is InChI=1S/C22H28O2.C14H12O2/c1-16-14-18(8-10-20(16)23-3)22(12-6-5-7-13-22)19-9-11-21(24-4)17(2)15-19;1-9(15)11-3-5-14-8-12(10(2)16)4-6-13(14)7-11/h8-11,14-15H,5-7,12-13H2,1-4H3;3-8H,1-2H3. The quantitative estimate of drug-likeness (QED) is 0.231. The Bertz CT molecular complexity index is 1420. The Labute approximate surface area is 238 Å². The van der Waals surface area contributed by atoms with Crippen molar-refractivity contribution in [2.45, 2.75) is 65.2 Å². The van der Waals surface area contributed by atoms with Gasteiger partial charge in [-0.3, -0.25) is 9.59 Å². The SMILES string of the molecule is CC(=O)c1ccc2cc(C(C)=O)ccc2c1.COc1ccc(C2(c3ccc(OC)c(C)c3)CCCCC2)cc1C. The maximum absolute atomic E-state index is 11.2. The van der Waals surface area contributed by atoms with E-state index in [0.717, 1.165) is 22.3 Å². The van der Waals surface area contributed by atoms with Gasteiger partial charge in [0.15, 0.2) is 11.6 Å². The molecule has 1 aliphatic carbocycles. The Morgan fingerprint density at radius 1 is 0.600 bits per heavy atom. The van der Waals surface area contributed by atoms with Crippen molar-refractivity contribution < 1.29 is 19.1 Å². The van der Waals surface area contributed by atoms with Crippen LogP contribution in [0.5, 0.6) is 11.5 Å². The summed E-state index contributed by atoms with van der Waals surface area (Å²) in [5, 5.41) is 1.97. The third-order valence-corrected chi connectivity index (χ3v) is 8.26. The molecule has 1 fully saturated rings. The molecule has 0 saturated heterocycles. The molecule has 0 radical (unpaired) electrons. The summed E-state index contributed by atoms with van der Waals surface area (Å²) in [7, 11) is 3.48. The minimum atomic E-state index is 0.0533. The largest absolute Gasteiger partial charge is 0.496 e. The third-order valence-electron chi connectivity index (χ3n) is 8.26.